The number of amides is 1. The van der Waals surface area contributed by atoms with E-state index in [0.29, 0.717) is 37.8 Å². The van der Waals surface area contributed by atoms with Crippen LogP contribution in [0.4, 0.5) is 0 Å². The second kappa shape index (κ2) is 8.50. The largest absolute Gasteiger partial charge is 0.379 e. The molecule has 3 rings (SSSR count). The normalized spacial score (nSPS) is 20.0. The number of ether oxygens (including phenoxy) is 1. The summed E-state index contributed by atoms with van der Waals surface area (Å²) in [5, 5.41) is 0. The molecule has 0 bridgehead atoms. The van der Waals surface area contributed by atoms with Gasteiger partial charge >= 0.3 is 0 Å². The van der Waals surface area contributed by atoms with Gasteiger partial charge in [-0.15, -0.1) is 0 Å². The summed E-state index contributed by atoms with van der Waals surface area (Å²) in [5.74, 6) is 0.438. The van der Waals surface area contributed by atoms with Crippen LogP contribution in [0, 0.1) is 5.92 Å². The van der Waals surface area contributed by atoms with Crippen LogP contribution in [0.2, 0.25) is 0 Å². The van der Waals surface area contributed by atoms with Gasteiger partial charge in [0.15, 0.2) is 0 Å². The second-order valence-corrected chi connectivity index (χ2v) is 9.17. The molecule has 1 aliphatic heterocycles. The fraction of sp³-hybridized carbons (Fsp3) is 0.632. The zero-order chi connectivity index (χ0) is 18.6. The van der Waals surface area contributed by atoms with Crippen molar-refractivity contribution in [2.24, 2.45) is 5.92 Å². The zero-order valence-corrected chi connectivity index (χ0v) is 16.2. The highest BCUT2D eigenvalue weighted by molar-refractivity contribution is 7.89. The van der Waals surface area contributed by atoms with E-state index in [0.717, 1.165) is 6.54 Å². The van der Waals surface area contributed by atoms with Crippen molar-refractivity contribution in [1.82, 2.24) is 9.21 Å². The van der Waals surface area contributed by atoms with Gasteiger partial charge in [-0.2, -0.15) is 4.31 Å². The van der Waals surface area contributed by atoms with Crippen LogP contribution in [0.25, 0.3) is 0 Å². The molecule has 1 heterocycles. The lowest BCUT2D eigenvalue weighted by Gasteiger charge is -2.28. The molecule has 2 fully saturated rings. The fourth-order valence-corrected chi connectivity index (χ4v) is 5.24. The molecule has 0 radical (unpaired) electrons. The molecule has 1 saturated carbocycles. The van der Waals surface area contributed by atoms with E-state index in [2.05, 4.69) is 0 Å². The molecular formula is C19H28N2O4S. The van der Waals surface area contributed by atoms with E-state index in [4.69, 9.17) is 4.74 Å². The highest BCUT2D eigenvalue weighted by Crippen LogP contribution is 2.25. The van der Waals surface area contributed by atoms with Crippen molar-refractivity contribution in [2.75, 3.05) is 39.9 Å². The summed E-state index contributed by atoms with van der Waals surface area (Å²) in [5.41, 5.74) is 0.428. The van der Waals surface area contributed by atoms with Gasteiger partial charge in [-0.05, 0) is 37.0 Å². The van der Waals surface area contributed by atoms with E-state index in [9.17, 15) is 13.2 Å². The van der Waals surface area contributed by atoms with Crippen LogP contribution in [0.15, 0.2) is 29.2 Å². The van der Waals surface area contributed by atoms with Crippen molar-refractivity contribution in [3.8, 4) is 0 Å². The Bertz CT molecular complexity index is 723. The Labute approximate surface area is 156 Å². The number of hydrogen-bond acceptors (Lipinski definition) is 4. The topological polar surface area (TPSA) is 66.9 Å². The fourth-order valence-electron chi connectivity index (χ4n) is 3.79. The Kier molecular flexibility index (Phi) is 6.32. The summed E-state index contributed by atoms with van der Waals surface area (Å²) in [7, 11) is -1.78. The van der Waals surface area contributed by atoms with Crippen LogP contribution in [0.3, 0.4) is 0 Å². The van der Waals surface area contributed by atoms with E-state index in [1.165, 1.54) is 42.5 Å². The minimum Gasteiger partial charge on any atom is -0.379 e. The first kappa shape index (κ1) is 19.3. The van der Waals surface area contributed by atoms with E-state index >= 15 is 0 Å². The van der Waals surface area contributed by atoms with Crippen molar-refractivity contribution in [3.05, 3.63) is 29.8 Å². The lowest BCUT2D eigenvalue weighted by Crippen LogP contribution is -2.40. The molecule has 0 N–H and O–H groups in total. The van der Waals surface area contributed by atoms with Crippen molar-refractivity contribution in [2.45, 2.75) is 37.0 Å². The Morgan fingerprint density at radius 1 is 1.19 bits per heavy atom. The monoisotopic (exact) mass is 380 g/mol. The molecule has 26 heavy (non-hydrogen) atoms. The average molecular weight is 381 g/mol. The molecular weight excluding hydrogens is 352 g/mol. The van der Waals surface area contributed by atoms with E-state index in [1.807, 2.05) is 0 Å². The number of carbonyl (C=O) groups excluding carboxylic acids is 1. The maximum atomic E-state index is 12.8. The Morgan fingerprint density at radius 3 is 2.58 bits per heavy atom. The summed E-state index contributed by atoms with van der Waals surface area (Å²) < 4.78 is 32.2. The predicted molar refractivity (Wildman–Crippen MR) is 99.6 cm³/mol. The third-order valence-electron chi connectivity index (χ3n) is 5.29. The Balaban J connectivity index is 1.72. The summed E-state index contributed by atoms with van der Waals surface area (Å²) in [6, 6.07) is 6.40. The summed E-state index contributed by atoms with van der Waals surface area (Å²) in [4.78, 5) is 14.7. The quantitative estimate of drug-likeness (QED) is 0.786. The van der Waals surface area contributed by atoms with Crippen LogP contribution in [-0.4, -0.2) is 63.4 Å². The standard InChI is InChI=1S/C19H28N2O4S/c1-20(15-16-6-3-2-4-7-16)19(22)17-8-5-9-18(14-17)26(23,24)21-10-12-25-13-11-21/h5,8-9,14,16H,2-4,6-7,10-13,15H2,1H3. The van der Waals surface area contributed by atoms with E-state index in [1.54, 1.807) is 30.1 Å². The predicted octanol–water partition coefficient (Wildman–Crippen LogP) is 2.36. The van der Waals surface area contributed by atoms with Crippen molar-refractivity contribution in [1.29, 1.82) is 0 Å². The molecule has 144 valence electrons. The van der Waals surface area contributed by atoms with Crippen molar-refractivity contribution >= 4 is 15.9 Å². The average Bonchev–Trinajstić information content (AvgIpc) is 2.69. The first-order valence-electron chi connectivity index (χ1n) is 9.42. The molecule has 7 heteroatoms. The summed E-state index contributed by atoms with van der Waals surface area (Å²) in [6.07, 6.45) is 6.10. The first-order valence-corrected chi connectivity index (χ1v) is 10.9. The third-order valence-corrected chi connectivity index (χ3v) is 7.19. The van der Waals surface area contributed by atoms with Crippen molar-refractivity contribution < 1.29 is 17.9 Å². The van der Waals surface area contributed by atoms with Gasteiger partial charge in [-0.25, -0.2) is 8.42 Å². The molecule has 1 aromatic rings. The molecule has 1 amide bonds. The van der Waals surface area contributed by atoms with E-state index < -0.39 is 10.0 Å². The molecule has 0 atom stereocenters. The number of carbonyl (C=O) groups is 1. The molecule has 0 spiro atoms. The number of rotatable bonds is 5. The first-order chi connectivity index (χ1) is 12.5. The van der Waals surface area contributed by atoms with Gasteiger partial charge in [0.25, 0.3) is 5.91 Å². The van der Waals surface area contributed by atoms with Crippen molar-refractivity contribution in [3.63, 3.8) is 0 Å². The molecule has 0 unspecified atom stereocenters. The summed E-state index contributed by atoms with van der Waals surface area (Å²) in [6.45, 7) is 2.24. The minimum absolute atomic E-state index is 0.116. The maximum absolute atomic E-state index is 12.8. The second-order valence-electron chi connectivity index (χ2n) is 7.23. The highest BCUT2D eigenvalue weighted by atomic mass is 32.2. The molecule has 0 aromatic heterocycles. The number of benzene rings is 1. The van der Waals surface area contributed by atoms with Crippen LogP contribution in [-0.2, 0) is 14.8 Å². The third kappa shape index (κ3) is 4.45. The number of sulfonamides is 1. The number of morpholine rings is 1. The number of nitrogens with zero attached hydrogens (tertiary/aromatic N) is 2. The molecule has 1 aromatic carbocycles. The minimum atomic E-state index is -3.59. The van der Waals surface area contributed by atoms with Gasteiger partial charge in [-0.1, -0.05) is 25.3 Å². The number of hydrogen-bond donors (Lipinski definition) is 0. The van der Waals surface area contributed by atoms with Crippen LogP contribution >= 0.6 is 0 Å². The lowest BCUT2D eigenvalue weighted by atomic mass is 9.89. The Morgan fingerprint density at radius 2 is 1.88 bits per heavy atom. The smallest absolute Gasteiger partial charge is 0.253 e. The van der Waals surface area contributed by atoms with Gasteiger partial charge in [0, 0.05) is 32.2 Å². The van der Waals surface area contributed by atoms with Gasteiger partial charge in [-0.3, -0.25) is 4.79 Å². The van der Waals surface area contributed by atoms with E-state index in [-0.39, 0.29) is 10.8 Å². The van der Waals surface area contributed by atoms with Crippen LogP contribution < -0.4 is 0 Å². The Hall–Kier alpha value is -1.44. The van der Waals surface area contributed by atoms with Gasteiger partial charge < -0.3 is 9.64 Å². The maximum Gasteiger partial charge on any atom is 0.253 e. The zero-order valence-electron chi connectivity index (χ0n) is 15.4. The van der Waals surface area contributed by atoms with Gasteiger partial charge in [0.05, 0.1) is 18.1 Å². The lowest BCUT2D eigenvalue weighted by molar-refractivity contribution is 0.0729. The SMILES string of the molecule is CN(CC1CCCCC1)C(=O)c1cccc(S(=O)(=O)N2CCOCC2)c1. The van der Waals surface area contributed by atoms with Gasteiger partial charge in [0.2, 0.25) is 10.0 Å². The van der Waals surface area contributed by atoms with Crippen LogP contribution in [0.5, 0.6) is 0 Å². The molecule has 1 saturated heterocycles. The molecule has 6 nitrogen and oxygen atoms in total. The summed E-state index contributed by atoms with van der Waals surface area (Å²) >= 11 is 0. The van der Waals surface area contributed by atoms with Gasteiger partial charge in [0.1, 0.15) is 0 Å². The molecule has 2 aliphatic rings. The molecule has 1 aliphatic carbocycles. The van der Waals surface area contributed by atoms with Crippen LogP contribution in [0.1, 0.15) is 42.5 Å². The highest BCUT2D eigenvalue weighted by Gasteiger charge is 2.27.